The van der Waals surface area contributed by atoms with Crippen molar-refractivity contribution < 1.29 is 9.84 Å². The minimum Gasteiger partial charge on any atom is -0.496 e. The number of piperidine rings is 1. The average Bonchev–Trinajstić information content (AvgIpc) is 2.40. The van der Waals surface area contributed by atoms with E-state index in [2.05, 4.69) is 33.0 Å². The number of nitrogens with zero attached hydrogens (tertiary/aromatic N) is 1. The van der Waals surface area contributed by atoms with Gasteiger partial charge in [0.1, 0.15) is 5.75 Å². The lowest BCUT2D eigenvalue weighted by Gasteiger charge is -2.32. The van der Waals surface area contributed by atoms with E-state index < -0.39 is 0 Å². The van der Waals surface area contributed by atoms with E-state index in [4.69, 9.17) is 9.84 Å². The van der Waals surface area contributed by atoms with Gasteiger partial charge in [0, 0.05) is 19.7 Å². The molecule has 0 saturated carbocycles. The van der Waals surface area contributed by atoms with Gasteiger partial charge in [-0.1, -0.05) is 6.07 Å². The second-order valence-corrected chi connectivity index (χ2v) is 6.08. The van der Waals surface area contributed by atoms with Crippen molar-refractivity contribution in [3.05, 3.63) is 28.2 Å². The number of aliphatic hydroxyl groups excluding tert-OH is 1. The zero-order valence-electron chi connectivity index (χ0n) is 11.4. The summed E-state index contributed by atoms with van der Waals surface area (Å²) in [5.41, 5.74) is 1.30. The lowest BCUT2D eigenvalue weighted by Crippen LogP contribution is -2.35. The molecule has 1 atom stereocenters. The monoisotopic (exact) mass is 327 g/mol. The second kappa shape index (κ2) is 7.27. The normalized spacial score (nSPS) is 20.5. The van der Waals surface area contributed by atoms with Gasteiger partial charge in [-0.3, -0.25) is 4.90 Å². The number of aliphatic hydroxyl groups is 1. The summed E-state index contributed by atoms with van der Waals surface area (Å²) >= 11 is 3.53. The molecule has 0 aliphatic carbocycles. The highest BCUT2D eigenvalue weighted by Gasteiger charge is 2.19. The van der Waals surface area contributed by atoms with Gasteiger partial charge in [-0.05, 0) is 65.4 Å². The smallest absolute Gasteiger partial charge is 0.133 e. The first-order valence-corrected chi connectivity index (χ1v) is 7.68. The quantitative estimate of drug-likeness (QED) is 0.902. The number of halogens is 1. The standard InChI is InChI=1S/C15H22BrNO2/c1-19-15-5-4-13(9-14(15)16)11-17-7-2-3-12(10-17)6-8-18/h4-5,9,12,18H,2-3,6-8,10-11H2,1H3. The van der Waals surface area contributed by atoms with Gasteiger partial charge in [0.15, 0.2) is 0 Å². The molecule has 1 aliphatic rings. The highest BCUT2D eigenvalue weighted by molar-refractivity contribution is 9.10. The second-order valence-electron chi connectivity index (χ2n) is 5.22. The third-order valence-corrected chi connectivity index (χ3v) is 4.38. The molecule has 19 heavy (non-hydrogen) atoms. The number of rotatable bonds is 5. The summed E-state index contributed by atoms with van der Waals surface area (Å²) in [6.07, 6.45) is 3.42. The first-order chi connectivity index (χ1) is 9.22. The van der Waals surface area contributed by atoms with Gasteiger partial charge in [-0.15, -0.1) is 0 Å². The van der Waals surface area contributed by atoms with Gasteiger partial charge in [-0.2, -0.15) is 0 Å². The molecule has 1 heterocycles. The molecule has 1 aliphatic heterocycles. The van der Waals surface area contributed by atoms with Crippen LogP contribution in [-0.4, -0.2) is 36.8 Å². The van der Waals surface area contributed by atoms with Crippen LogP contribution in [0.25, 0.3) is 0 Å². The Morgan fingerprint density at radius 1 is 1.47 bits per heavy atom. The molecule has 106 valence electrons. The van der Waals surface area contributed by atoms with Crippen LogP contribution in [0.4, 0.5) is 0 Å². The lowest BCUT2D eigenvalue weighted by molar-refractivity contribution is 0.142. The van der Waals surface area contributed by atoms with Crippen LogP contribution < -0.4 is 4.74 Å². The number of ether oxygens (including phenoxy) is 1. The van der Waals surface area contributed by atoms with Gasteiger partial charge in [0.25, 0.3) is 0 Å². The molecule has 1 saturated heterocycles. The molecule has 0 bridgehead atoms. The van der Waals surface area contributed by atoms with Crippen molar-refractivity contribution in [1.29, 1.82) is 0 Å². The number of hydrogen-bond donors (Lipinski definition) is 1. The summed E-state index contributed by atoms with van der Waals surface area (Å²) in [4.78, 5) is 2.48. The van der Waals surface area contributed by atoms with E-state index in [0.717, 1.165) is 36.3 Å². The molecular weight excluding hydrogens is 306 g/mol. The SMILES string of the molecule is COc1ccc(CN2CCCC(CCO)C2)cc1Br. The lowest BCUT2D eigenvalue weighted by atomic mass is 9.95. The Bertz CT molecular complexity index is 409. The molecule has 4 heteroatoms. The van der Waals surface area contributed by atoms with Crippen molar-refractivity contribution in [1.82, 2.24) is 4.90 Å². The predicted molar refractivity (Wildman–Crippen MR) is 80.4 cm³/mol. The fraction of sp³-hybridized carbons (Fsp3) is 0.600. The third kappa shape index (κ3) is 4.20. The van der Waals surface area contributed by atoms with Crippen molar-refractivity contribution in [2.75, 3.05) is 26.8 Å². The Balaban J connectivity index is 1.94. The number of likely N-dealkylation sites (tertiary alicyclic amines) is 1. The number of benzene rings is 1. The van der Waals surface area contributed by atoms with Crippen LogP contribution in [0, 0.1) is 5.92 Å². The molecule has 3 nitrogen and oxygen atoms in total. The first-order valence-electron chi connectivity index (χ1n) is 6.88. The summed E-state index contributed by atoms with van der Waals surface area (Å²) in [6.45, 7) is 3.55. The number of hydrogen-bond acceptors (Lipinski definition) is 3. The Kier molecular flexibility index (Phi) is 5.67. The van der Waals surface area contributed by atoms with Crippen LogP contribution in [-0.2, 0) is 6.54 Å². The molecule has 0 aromatic heterocycles. The van der Waals surface area contributed by atoms with Crippen molar-refractivity contribution in [3.63, 3.8) is 0 Å². The highest BCUT2D eigenvalue weighted by Crippen LogP contribution is 2.27. The van der Waals surface area contributed by atoms with Crippen LogP contribution in [0.2, 0.25) is 0 Å². The van der Waals surface area contributed by atoms with Crippen molar-refractivity contribution in [2.24, 2.45) is 5.92 Å². The predicted octanol–water partition coefficient (Wildman–Crippen LogP) is 3.05. The maximum atomic E-state index is 9.05. The molecule has 1 aromatic rings. The van der Waals surface area contributed by atoms with Gasteiger partial charge in [-0.25, -0.2) is 0 Å². The largest absolute Gasteiger partial charge is 0.496 e. The molecule has 1 N–H and O–H groups in total. The maximum absolute atomic E-state index is 9.05. The van der Waals surface area contributed by atoms with E-state index in [1.54, 1.807) is 7.11 Å². The Morgan fingerprint density at radius 2 is 2.32 bits per heavy atom. The van der Waals surface area contributed by atoms with Gasteiger partial charge in [0.2, 0.25) is 0 Å². The topological polar surface area (TPSA) is 32.7 Å². The van der Waals surface area contributed by atoms with Crippen molar-refractivity contribution in [3.8, 4) is 5.75 Å². The summed E-state index contributed by atoms with van der Waals surface area (Å²) in [5.74, 6) is 1.53. The molecular formula is C15H22BrNO2. The van der Waals surface area contributed by atoms with Gasteiger partial charge < -0.3 is 9.84 Å². The van der Waals surface area contributed by atoms with E-state index in [0.29, 0.717) is 12.5 Å². The maximum Gasteiger partial charge on any atom is 0.133 e. The van der Waals surface area contributed by atoms with E-state index in [1.807, 2.05) is 6.07 Å². The Labute approximate surface area is 123 Å². The van der Waals surface area contributed by atoms with Crippen LogP contribution in [0.15, 0.2) is 22.7 Å². The molecule has 1 fully saturated rings. The zero-order chi connectivity index (χ0) is 13.7. The molecule has 0 spiro atoms. The fourth-order valence-electron chi connectivity index (χ4n) is 2.78. The van der Waals surface area contributed by atoms with Gasteiger partial charge >= 0.3 is 0 Å². The van der Waals surface area contributed by atoms with Crippen molar-refractivity contribution in [2.45, 2.75) is 25.8 Å². The molecule has 2 rings (SSSR count). The van der Waals surface area contributed by atoms with E-state index in [9.17, 15) is 0 Å². The Morgan fingerprint density at radius 3 is 3.00 bits per heavy atom. The van der Waals surface area contributed by atoms with Crippen LogP contribution in [0.1, 0.15) is 24.8 Å². The van der Waals surface area contributed by atoms with Crippen LogP contribution in [0.5, 0.6) is 5.75 Å². The fourth-order valence-corrected chi connectivity index (χ4v) is 3.37. The minimum absolute atomic E-state index is 0.312. The van der Waals surface area contributed by atoms with E-state index in [-0.39, 0.29) is 0 Å². The van der Waals surface area contributed by atoms with Crippen molar-refractivity contribution >= 4 is 15.9 Å². The zero-order valence-corrected chi connectivity index (χ0v) is 13.0. The minimum atomic E-state index is 0.312. The molecule has 0 amide bonds. The van der Waals surface area contributed by atoms with Crippen LogP contribution in [0.3, 0.4) is 0 Å². The molecule has 0 radical (unpaired) electrons. The summed E-state index contributed by atoms with van der Waals surface area (Å²) in [7, 11) is 1.68. The average molecular weight is 328 g/mol. The molecule has 1 unspecified atom stereocenters. The highest BCUT2D eigenvalue weighted by atomic mass is 79.9. The van der Waals surface area contributed by atoms with Gasteiger partial charge in [0.05, 0.1) is 11.6 Å². The van der Waals surface area contributed by atoms with Crippen LogP contribution >= 0.6 is 15.9 Å². The Hall–Kier alpha value is -0.580. The summed E-state index contributed by atoms with van der Waals surface area (Å²) in [6, 6.07) is 6.27. The summed E-state index contributed by atoms with van der Waals surface area (Å²) < 4.78 is 6.26. The molecule has 1 aromatic carbocycles. The number of methoxy groups -OCH3 is 1. The van der Waals surface area contributed by atoms with E-state index in [1.165, 1.54) is 18.4 Å². The third-order valence-electron chi connectivity index (χ3n) is 3.76. The van der Waals surface area contributed by atoms with E-state index >= 15 is 0 Å². The first kappa shape index (κ1) is 14.8. The summed E-state index contributed by atoms with van der Waals surface area (Å²) in [5, 5.41) is 9.05.